The van der Waals surface area contributed by atoms with Gasteiger partial charge >= 0.3 is 5.97 Å². The average molecular weight is 334 g/mol. The number of carbonyl (C=O) groups excluding carboxylic acids is 1. The van der Waals surface area contributed by atoms with E-state index >= 15 is 0 Å². The summed E-state index contributed by atoms with van der Waals surface area (Å²) in [5, 5.41) is 20.6. The normalized spacial score (nSPS) is 20.8. The van der Waals surface area contributed by atoms with Crippen molar-refractivity contribution in [3.05, 3.63) is 34.4 Å². The fourth-order valence-electron chi connectivity index (χ4n) is 3.58. The predicted molar refractivity (Wildman–Crippen MR) is 94.1 cm³/mol. The van der Waals surface area contributed by atoms with Crippen LogP contribution in [-0.4, -0.2) is 28.9 Å². The number of aliphatic hydroxyl groups is 2. The van der Waals surface area contributed by atoms with Crippen LogP contribution in [0.25, 0.3) is 0 Å². The molecule has 2 rings (SSSR count). The lowest BCUT2D eigenvalue weighted by molar-refractivity contribution is -0.159. The lowest BCUT2D eigenvalue weighted by Gasteiger charge is -2.42. The van der Waals surface area contributed by atoms with Gasteiger partial charge in [-0.15, -0.1) is 0 Å². The van der Waals surface area contributed by atoms with Gasteiger partial charge in [0.25, 0.3) is 0 Å². The summed E-state index contributed by atoms with van der Waals surface area (Å²) in [5.41, 5.74) is 4.04. The number of aryl methyl sites for hydroxylation is 1. The van der Waals surface area contributed by atoms with Gasteiger partial charge < -0.3 is 14.9 Å². The first-order chi connectivity index (χ1) is 11.0. The number of aliphatic hydroxyl groups excluding tert-OH is 2. The molecule has 1 aromatic carbocycles. The smallest absolute Gasteiger partial charge is 0.338 e. The van der Waals surface area contributed by atoms with Gasteiger partial charge in [-0.3, -0.25) is 0 Å². The zero-order valence-corrected chi connectivity index (χ0v) is 15.6. The van der Waals surface area contributed by atoms with Crippen LogP contribution in [0.2, 0.25) is 0 Å². The Bertz CT molecular complexity index is 631. The van der Waals surface area contributed by atoms with Crippen LogP contribution in [0.5, 0.6) is 0 Å². The van der Waals surface area contributed by atoms with Gasteiger partial charge in [0.1, 0.15) is 6.10 Å². The van der Waals surface area contributed by atoms with E-state index in [4.69, 9.17) is 4.74 Å². The number of carbonyl (C=O) groups is 1. The number of ether oxygens (including phenoxy) is 1. The van der Waals surface area contributed by atoms with Crippen molar-refractivity contribution >= 4 is 5.97 Å². The molecule has 1 aliphatic carbocycles. The summed E-state index contributed by atoms with van der Waals surface area (Å²) in [6.45, 7) is 12.6. The highest BCUT2D eigenvalue weighted by atomic mass is 16.5. The molecule has 0 heterocycles. The number of hydrogen-bond donors (Lipinski definition) is 2. The zero-order chi connectivity index (χ0) is 18.3. The lowest BCUT2D eigenvalue weighted by atomic mass is 9.62. The van der Waals surface area contributed by atoms with Crippen LogP contribution in [0.3, 0.4) is 0 Å². The molecule has 134 valence electrons. The van der Waals surface area contributed by atoms with Gasteiger partial charge in [-0.2, -0.15) is 0 Å². The molecule has 0 aromatic heterocycles. The maximum absolute atomic E-state index is 11.8. The standard InChI is InChI=1S/C20H30O4/c1-7-24-18(23)17(22)16(21)13-11-15-14(10-12(13)2)19(3,4)8-9-20(15,5)6/h10-11,16-17,21-22H,7-9H2,1-6H3. The second kappa shape index (κ2) is 6.49. The fourth-order valence-corrected chi connectivity index (χ4v) is 3.58. The van der Waals surface area contributed by atoms with Gasteiger partial charge in [-0.05, 0) is 59.8 Å². The van der Waals surface area contributed by atoms with Gasteiger partial charge in [-0.1, -0.05) is 39.8 Å². The minimum Gasteiger partial charge on any atom is -0.464 e. The molecule has 2 N–H and O–H groups in total. The molecule has 1 aromatic rings. The first kappa shape index (κ1) is 18.9. The Kier molecular flexibility index (Phi) is 5.12. The van der Waals surface area contributed by atoms with Gasteiger partial charge in [0.15, 0.2) is 6.10 Å². The molecule has 2 unspecified atom stereocenters. The molecule has 0 saturated carbocycles. The van der Waals surface area contributed by atoms with E-state index in [2.05, 4.69) is 33.8 Å². The third-order valence-electron chi connectivity index (χ3n) is 5.39. The van der Waals surface area contributed by atoms with Crippen molar-refractivity contribution in [3.63, 3.8) is 0 Å². The first-order valence-electron chi connectivity index (χ1n) is 8.69. The number of esters is 1. The number of rotatable bonds is 4. The van der Waals surface area contributed by atoms with E-state index in [0.717, 1.165) is 18.4 Å². The third kappa shape index (κ3) is 3.35. The van der Waals surface area contributed by atoms with Crippen LogP contribution in [0, 0.1) is 6.92 Å². The molecule has 0 spiro atoms. The zero-order valence-electron chi connectivity index (χ0n) is 15.6. The second-order valence-electron chi connectivity index (χ2n) is 8.16. The highest BCUT2D eigenvalue weighted by molar-refractivity contribution is 5.75. The van der Waals surface area contributed by atoms with Crippen LogP contribution >= 0.6 is 0 Å². The minimum atomic E-state index is -1.57. The van der Waals surface area contributed by atoms with Crippen molar-refractivity contribution in [1.29, 1.82) is 0 Å². The van der Waals surface area contributed by atoms with E-state index in [9.17, 15) is 15.0 Å². The summed E-state index contributed by atoms with van der Waals surface area (Å²) in [6.07, 6.45) is -0.678. The Morgan fingerprint density at radius 1 is 1.12 bits per heavy atom. The molecule has 0 saturated heterocycles. The summed E-state index contributed by atoms with van der Waals surface area (Å²) in [5.74, 6) is -0.790. The molecule has 0 radical (unpaired) electrons. The predicted octanol–water partition coefficient (Wildman–Crippen LogP) is 3.30. The summed E-state index contributed by atoms with van der Waals surface area (Å²) < 4.78 is 4.82. The first-order valence-corrected chi connectivity index (χ1v) is 8.69. The quantitative estimate of drug-likeness (QED) is 0.829. The van der Waals surface area contributed by atoms with Crippen molar-refractivity contribution in [2.24, 2.45) is 0 Å². The van der Waals surface area contributed by atoms with Crippen LogP contribution in [0.15, 0.2) is 12.1 Å². The molecule has 0 amide bonds. The number of benzene rings is 1. The van der Waals surface area contributed by atoms with Crippen LogP contribution in [-0.2, 0) is 20.4 Å². The summed E-state index contributed by atoms with van der Waals surface area (Å²) >= 11 is 0. The van der Waals surface area contributed by atoms with Crippen LogP contribution in [0.1, 0.15) is 75.8 Å². The number of fused-ring (bicyclic) bond motifs is 1. The summed E-state index contributed by atoms with van der Waals surface area (Å²) in [7, 11) is 0. The molecule has 24 heavy (non-hydrogen) atoms. The van der Waals surface area contributed by atoms with Gasteiger partial charge in [0.05, 0.1) is 6.61 Å². The molecule has 4 nitrogen and oxygen atoms in total. The third-order valence-corrected chi connectivity index (χ3v) is 5.39. The SMILES string of the molecule is CCOC(=O)C(O)C(O)c1cc2c(cc1C)C(C)(C)CCC2(C)C. The van der Waals surface area contributed by atoms with Gasteiger partial charge in [-0.25, -0.2) is 4.79 Å². The Hall–Kier alpha value is -1.39. The number of hydrogen-bond acceptors (Lipinski definition) is 4. The molecular weight excluding hydrogens is 304 g/mol. The van der Waals surface area contributed by atoms with Crippen molar-refractivity contribution in [1.82, 2.24) is 0 Å². The average Bonchev–Trinajstić information content (AvgIpc) is 2.50. The Balaban J connectivity index is 2.49. The molecule has 2 atom stereocenters. The molecule has 1 aliphatic rings. The summed E-state index contributed by atoms with van der Waals surface area (Å²) in [4.78, 5) is 11.8. The van der Waals surface area contributed by atoms with E-state index in [0.29, 0.717) is 5.56 Å². The van der Waals surface area contributed by atoms with Gasteiger partial charge in [0, 0.05) is 0 Å². The van der Waals surface area contributed by atoms with Gasteiger partial charge in [0.2, 0.25) is 0 Å². The van der Waals surface area contributed by atoms with Crippen molar-refractivity contribution in [2.75, 3.05) is 6.61 Å². The maximum Gasteiger partial charge on any atom is 0.338 e. The monoisotopic (exact) mass is 334 g/mol. The molecule has 0 bridgehead atoms. The maximum atomic E-state index is 11.8. The van der Waals surface area contributed by atoms with Crippen molar-refractivity contribution < 1.29 is 19.7 Å². The van der Waals surface area contributed by atoms with E-state index in [-0.39, 0.29) is 17.4 Å². The fraction of sp³-hybridized carbons (Fsp3) is 0.650. The Morgan fingerprint density at radius 2 is 1.62 bits per heavy atom. The van der Waals surface area contributed by atoms with E-state index in [1.807, 2.05) is 13.0 Å². The largest absolute Gasteiger partial charge is 0.464 e. The lowest BCUT2D eigenvalue weighted by Crippen LogP contribution is -2.35. The van der Waals surface area contributed by atoms with Crippen molar-refractivity contribution in [2.45, 2.75) is 77.4 Å². The van der Waals surface area contributed by atoms with Crippen molar-refractivity contribution in [3.8, 4) is 0 Å². The van der Waals surface area contributed by atoms with E-state index in [1.54, 1.807) is 6.92 Å². The molecule has 4 heteroatoms. The minimum absolute atomic E-state index is 0.00189. The van der Waals surface area contributed by atoms with E-state index in [1.165, 1.54) is 11.1 Å². The highest BCUT2D eigenvalue weighted by Gasteiger charge is 2.38. The summed E-state index contributed by atoms with van der Waals surface area (Å²) in [6, 6.07) is 4.07. The van der Waals surface area contributed by atoms with Crippen LogP contribution < -0.4 is 0 Å². The Labute approximate surface area is 144 Å². The second-order valence-corrected chi connectivity index (χ2v) is 8.16. The molecular formula is C20H30O4. The Morgan fingerprint density at radius 3 is 2.12 bits per heavy atom. The molecule has 0 aliphatic heterocycles. The highest BCUT2D eigenvalue weighted by Crippen LogP contribution is 2.47. The molecule has 0 fully saturated rings. The van der Waals surface area contributed by atoms with Crippen LogP contribution in [0.4, 0.5) is 0 Å². The van der Waals surface area contributed by atoms with E-state index < -0.39 is 18.2 Å². The topological polar surface area (TPSA) is 66.8 Å².